The van der Waals surface area contributed by atoms with Gasteiger partial charge in [0.1, 0.15) is 23.9 Å². The summed E-state index contributed by atoms with van der Waals surface area (Å²) in [5.41, 5.74) is 3.38. The molecule has 2 bridgehead atoms. The zero-order valence-electron chi connectivity index (χ0n) is 22.9. The van der Waals surface area contributed by atoms with Gasteiger partial charge in [-0.3, -0.25) is 4.90 Å². The Morgan fingerprint density at radius 3 is 2.58 bits per heavy atom. The fraction of sp³-hybridized carbons (Fsp3) is 0.536. The zero-order valence-corrected chi connectivity index (χ0v) is 23.7. The predicted molar refractivity (Wildman–Crippen MR) is 146 cm³/mol. The minimum absolute atomic E-state index is 0.100. The van der Waals surface area contributed by atoms with E-state index in [0.29, 0.717) is 71.1 Å². The first kappa shape index (κ1) is 28.6. The van der Waals surface area contributed by atoms with Crippen LogP contribution in [0.4, 0.5) is 19.0 Å². The lowest BCUT2D eigenvalue weighted by atomic mass is 10.0. The van der Waals surface area contributed by atoms with Crippen molar-refractivity contribution in [1.29, 1.82) is 0 Å². The van der Waals surface area contributed by atoms with Crippen LogP contribution in [-0.2, 0) is 0 Å². The van der Waals surface area contributed by atoms with Crippen molar-refractivity contribution in [1.82, 2.24) is 20.0 Å². The van der Waals surface area contributed by atoms with E-state index in [9.17, 15) is 18.3 Å². The highest BCUT2D eigenvalue weighted by Crippen LogP contribution is 2.41. The number of hydrogen-bond donors (Lipinski definition) is 1. The second-order valence-corrected chi connectivity index (χ2v) is 11.1. The van der Waals surface area contributed by atoms with Gasteiger partial charge in [0.25, 0.3) is 0 Å². The number of nitrogens with zero attached hydrogens (tertiary/aromatic N) is 5. The maximum Gasteiger partial charge on any atom is 0.401 e. The van der Waals surface area contributed by atoms with Crippen molar-refractivity contribution in [2.45, 2.75) is 71.3 Å². The molecule has 1 aromatic carbocycles. The molecule has 2 fully saturated rings. The molecular weight excluding hydrogens is 547 g/mol. The maximum atomic E-state index is 13.1. The van der Waals surface area contributed by atoms with Crippen molar-refractivity contribution >= 4 is 17.4 Å². The number of aromatic nitrogens is 3. The van der Waals surface area contributed by atoms with Crippen LogP contribution in [0.25, 0.3) is 22.6 Å². The summed E-state index contributed by atoms with van der Waals surface area (Å²) >= 11 is 6.64. The van der Waals surface area contributed by atoms with E-state index < -0.39 is 18.8 Å². The fourth-order valence-electron chi connectivity index (χ4n) is 5.78. The molecule has 2 aromatic heterocycles. The zero-order chi connectivity index (χ0) is 28.8. The average molecular weight is 580 g/mol. The van der Waals surface area contributed by atoms with Gasteiger partial charge in [-0.05, 0) is 51.8 Å². The van der Waals surface area contributed by atoms with E-state index in [-0.39, 0.29) is 18.7 Å². The van der Waals surface area contributed by atoms with Gasteiger partial charge in [0.15, 0.2) is 5.82 Å². The molecule has 0 saturated carbocycles. The van der Waals surface area contributed by atoms with Crippen molar-refractivity contribution in [2.75, 3.05) is 31.1 Å². The van der Waals surface area contributed by atoms with Crippen molar-refractivity contribution in [2.24, 2.45) is 0 Å². The number of hydrogen-bond acceptors (Lipinski definition) is 8. The van der Waals surface area contributed by atoms with Crippen molar-refractivity contribution in [3.8, 4) is 28.4 Å². The lowest BCUT2D eigenvalue weighted by Crippen LogP contribution is -2.49. The van der Waals surface area contributed by atoms with Crippen LogP contribution in [0.1, 0.15) is 43.2 Å². The third kappa shape index (κ3) is 5.77. The first-order valence-electron chi connectivity index (χ1n) is 13.4. The number of benzene rings is 1. The normalized spacial score (nSPS) is 20.0. The Morgan fingerprint density at radius 1 is 1.18 bits per heavy atom. The quantitative estimate of drug-likeness (QED) is 0.343. The van der Waals surface area contributed by atoms with E-state index in [0.717, 1.165) is 17.5 Å². The number of fused-ring (bicyclic) bond motifs is 2. The lowest BCUT2D eigenvalue weighted by Gasteiger charge is -2.36. The van der Waals surface area contributed by atoms with Gasteiger partial charge in [-0.1, -0.05) is 30.1 Å². The van der Waals surface area contributed by atoms with Crippen LogP contribution in [0.5, 0.6) is 5.75 Å². The SMILES string of the molecule is CCC[C@@H](O)COc1ccc(Cl)c(-c2nc(-c3c(C)noc3C)c(C)c(N3C[C@H]4C[C@@H]3CN4CC(F)(F)F)n2)c1. The second-order valence-electron chi connectivity index (χ2n) is 10.7. The summed E-state index contributed by atoms with van der Waals surface area (Å²) in [6.45, 7) is 7.54. The van der Waals surface area contributed by atoms with Crippen LogP contribution < -0.4 is 9.64 Å². The molecule has 0 aliphatic carbocycles. The standard InChI is InChI=1S/C28H33ClF3N5O3/c1-5-6-20(38)13-39-21-7-8-23(29)22(10-21)26-33-25(24-16(3)35-40-17(24)4)15(2)27(34-26)37-12-18-9-19(37)11-36(18)14-28(30,31)32/h7-8,10,18-20,38H,5-6,9,11-14H2,1-4H3/t18-,19-,20-/m1/s1. The van der Waals surface area contributed by atoms with Gasteiger partial charge in [0.05, 0.1) is 34.6 Å². The number of piperazine rings is 1. The Morgan fingerprint density at radius 2 is 1.95 bits per heavy atom. The molecule has 12 heteroatoms. The molecular formula is C28H33ClF3N5O3. The van der Waals surface area contributed by atoms with Gasteiger partial charge < -0.3 is 19.3 Å². The van der Waals surface area contributed by atoms with E-state index in [2.05, 4.69) is 10.1 Å². The van der Waals surface area contributed by atoms with Gasteiger partial charge in [0.2, 0.25) is 0 Å². The van der Waals surface area contributed by atoms with Crippen LogP contribution in [0.2, 0.25) is 5.02 Å². The number of rotatable bonds is 9. The molecule has 4 heterocycles. The monoisotopic (exact) mass is 579 g/mol. The van der Waals surface area contributed by atoms with E-state index in [1.807, 2.05) is 27.7 Å². The molecule has 0 amide bonds. The van der Waals surface area contributed by atoms with Crippen molar-refractivity contribution in [3.05, 3.63) is 40.2 Å². The summed E-state index contributed by atoms with van der Waals surface area (Å²) in [5.74, 6) is 2.13. The average Bonchev–Trinajstić information content (AvgIpc) is 3.57. The number of likely N-dealkylation sites (tertiary alicyclic amines) is 1. The Balaban J connectivity index is 1.54. The van der Waals surface area contributed by atoms with Gasteiger partial charge >= 0.3 is 6.18 Å². The fourth-order valence-corrected chi connectivity index (χ4v) is 5.98. The highest BCUT2D eigenvalue weighted by atomic mass is 35.5. The smallest absolute Gasteiger partial charge is 0.401 e. The molecule has 0 radical (unpaired) electrons. The summed E-state index contributed by atoms with van der Waals surface area (Å²) in [7, 11) is 0. The highest BCUT2D eigenvalue weighted by Gasteiger charge is 2.47. The molecule has 0 unspecified atom stereocenters. The summed E-state index contributed by atoms with van der Waals surface area (Å²) in [5, 5.41) is 14.6. The Labute approximate surface area is 236 Å². The minimum atomic E-state index is -4.24. The van der Waals surface area contributed by atoms with Crippen molar-refractivity contribution in [3.63, 3.8) is 0 Å². The number of alkyl halides is 3. The number of aliphatic hydroxyl groups is 1. The van der Waals surface area contributed by atoms with Gasteiger partial charge in [-0.15, -0.1) is 0 Å². The first-order valence-corrected chi connectivity index (χ1v) is 13.8. The van der Waals surface area contributed by atoms with Crippen LogP contribution in [-0.4, -0.2) is 75.7 Å². The molecule has 8 nitrogen and oxygen atoms in total. The largest absolute Gasteiger partial charge is 0.491 e. The summed E-state index contributed by atoms with van der Waals surface area (Å²) in [6.07, 6.45) is -2.71. The molecule has 2 saturated heterocycles. The summed E-state index contributed by atoms with van der Waals surface area (Å²) in [6, 6.07) is 4.86. The molecule has 2 aliphatic heterocycles. The van der Waals surface area contributed by atoms with Crippen LogP contribution in [0, 0.1) is 20.8 Å². The second kappa shape index (κ2) is 11.2. The third-order valence-electron chi connectivity index (χ3n) is 7.64. The molecule has 5 rings (SSSR count). The van der Waals surface area contributed by atoms with Gasteiger partial charge in [-0.25, -0.2) is 9.97 Å². The van der Waals surface area contributed by atoms with E-state index in [1.54, 1.807) is 18.2 Å². The van der Waals surface area contributed by atoms with Gasteiger partial charge in [0, 0.05) is 36.3 Å². The minimum Gasteiger partial charge on any atom is -0.491 e. The van der Waals surface area contributed by atoms with E-state index in [4.69, 9.17) is 30.8 Å². The summed E-state index contributed by atoms with van der Waals surface area (Å²) in [4.78, 5) is 13.4. The molecule has 3 aromatic rings. The Hall–Kier alpha value is -2.89. The van der Waals surface area contributed by atoms with Crippen LogP contribution >= 0.6 is 11.6 Å². The number of halogens is 4. The molecule has 3 atom stereocenters. The van der Waals surface area contributed by atoms with Crippen LogP contribution in [0.3, 0.4) is 0 Å². The number of aryl methyl sites for hydroxylation is 2. The molecule has 0 spiro atoms. The number of aliphatic hydroxyl groups excluding tert-OH is 1. The summed E-state index contributed by atoms with van der Waals surface area (Å²) < 4.78 is 50.6. The molecule has 216 valence electrons. The molecule has 2 aliphatic rings. The Bertz CT molecular complexity index is 1360. The Kier molecular flexibility index (Phi) is 8.00. The lowest BCUT2D eigenvalue weighted by molar-refractivity contribution is -0.148. The van der Waals surface area contributed by atoms with E-state index >= 15 is 0 Å². The predicted octanol–water partition coefficient (Wildman–Crippen LogP) is 5.74. The van der Waals surface area contributed by atoms with E-state index in [1.165, 1.54) is 4.90 Å². The topological polar surface area (TPSA) is 87.7 Å². The van der Waals surface area contributed by atoms with Crippen molar-refractivity contribution < 1.29 is 27.5 Å². The molecule has 1 N–H and O–H groups in total. The van der Waals surface area contributed by atoms with Crippen LogP contribution in [0.15, 0.2) is 22.7 Å². The van der Waals surface area contributed by atoms with Gasteiger partial charge in [-0.2, -0.15) is 13.2 Å². The maximum absolute atomic E-state index is 13.1. The molecule has 40 heavy (non-hydrogen) atoms. The number of anilines is 1. The highest BCUT2D eigenvalue weighted by molar-refractivity contribution is 6.33. The number of ether oxygens (including phenoxy) is 1. The third-order valence-corrected chi connectivity index (χ3v) is 7.97. The first-order chi connectivity index (χ1) is 18.9.